The van der Waals surface area contributed by atoms with Gasteiger partial charge in [-0.1, -0.05) is 39.0 Å². The molecule has 0 saturated heterocycles. The van der Waals surface area contributed by atoms with Crippen LogP contribution < -0.4 is 0 Å². The summed E-state index contributed by atoms with van der Waals surface area (Å²) in [6.07, 6.45) is 8.08. The molecule has 0 aliphatic carbocycles. The predicted octanol–water partition coefficient (Wildman–Crippen LogP) is 2.73. The Hall–Kier alpha value is -0.0800. The first-order chi connectivity index (χ1) is 6.68. The van der Waals surface area contributed by atoms with Crippen LogP contribution in [0.5, 0.6) is 0 Å². The lowest BCUT2D eigenvalue weighted by Gasteiger charge is -2.13. The second-order valence-electron chi connectivity index (χ2n) is 4.35. The largest absolute Gasteiger partial charge is 0.396 e. The Morgan fingerprint density at radius 1 is 0.857 bits per heavy atom. The first-order valence-corrected chi connectivity index (χ1v) is 5.97. The summed E-state index contributed by atoms with van der Waals surface area (Å²) in [7, 11) is 0. The number of aliphatic hydroxyl groups excluding tert-OH is 2. The summed E-state index contributed by atoms with van der Waals surface area (Å²) >= 11 is 0. The van der Waals surface area contributed by atoms with Gasteiger partial charge in [-0.05, 0) is 25.7 Å². The molecule has 2 unspecified atom stereocenters. The maximum Gasteiger partial charge on any atom is 0.0537 e. The van der Waals surface area contributed by atoms with Crippen LogP contribution in [0.15, 0.2) is 0 Å². The summed E-state index contributed by atoms with van der Waals surface area (Å²) in [6.45, 7) is 4.31. The van der Waals surface area contributed by atoms with Crippen molar-refractivity contribution in [1.82, 2.24) is 0 Å². The summed E-state index contributed by atoms with van der Waals surface area (Å²) in [5.74, 6) is 0.437. The molecule has 0 aromatic carbocycles. The van der Waals surface area contributed by atoms with E-state index in [0.29, 0.717) is 12.5 Å². The molecule has 2 atom stereocenters. The number of rotatable bonds is 9. The Kier molecular flexibility index (Phi) is 9.42. The van der Waals surface area contributed by atoms with Gasteiger partial charge >= 0.3 is 0 Å². The lowest BCUT2D eigenvalue weighted by atomic mass is 9.98. The average molecular weight is 202 g/mol. The van der Waals surface area contributed by atoms with Crippen molar-refractivity contribution in [3.8, 4) is 0 Å². The van der Waals surface area contributed by atoms with E-state index in [1.165, 1.54) is 25.7 Å². The maximum atomic E-state index is 9.27. The second-order valence-corrected chi connectivity index (χ2v) is 4.35. The number of aliphatic hydroxyl groups is 2. The summed E-state index contributed by atoms with van der Waals surface area (Å²) < 4.78 is 0. The molecule has 0 bridgehead atoms. The average Bonchev–Trinajstić information content (AvgIpc) is 2.16. The van der Waals surface area contributed by atoms with Crippen molar-refractivity contribution in [2.24, 2.45) is 5.92 Å². The quantitative estimate of drug-likeness (QED) is 0.564. The number of hydrogen-bond acceptors (Lipinski definition) is 2. The van der Waals surface area contributed by atoms with Crippen molar-refractivity contribution in [2.75, 3.05) is 6.61 Å². The van der Waals surface area contributed by atoms with Crippen molar-refractivity contribution in [3.05, 3.63) is 0 Å². The third-order valence-corrected chi connectivity index (χ3v) is 2.89. The highest BCUT2D eigenvalue weighted by Crippen LogP contribution is 2.14. The molecule has 2 N–H and O–H groups in total. The van der Waals surface area contributed by atoms with Gasteiger partial charge in [0.25, 0.3) is 0 Å². The molecule has 86 valence electrons. The van der Waals surface area contributed by atoms with Gasteiger partial charge in [0.1, 0.15) is 0 Å². The van der Waals surface area contributed by atoms with Crippen LogP contribution in [0, 0.1) is 5.92 Å². The molecule has 0 heterocycles. The van der Waals surface area contributed by atoms with Gasteiger partial charge in [0, 0.05) is 6.61 Å². The van der Waals surface area contributed by atoms with E-state index in [2.05, 4.69) is 6.92 Å². The smallest absolute Gasteiger partial charge is 0.0537 e. The summed E-state index contributed by atoms with van der Waals surface area (Å²) in [6, 6.07) is 0. The Bertz CT molecular complexity index is 113. The fourth-order valence-corrected chi connectivity index (χ4v) is 1.53. The molecule has 0 aliphatic heterocycles. The van der Waals surface area contributed by atoms with E-state index >= 15 is 0 Å². The third kappa shape index (κ3) is 8.52. The van der Waals surface area contributed by atoms with Crippen molar-refractivity contribution in [2.45, 2.75) is 64.9 Å². The van der Waals surface area contributed by atoms with Crippen molar-refractivity contribution in [3.63, 3.8) is 0 Å². The van der Waals surface area contributed by atoms with E-state index in [0.717, 1.165) is 19.3 Å². The molecule has 2 nitrogen and oxygen atoms in total. The van der Waals surface area contributed by atoms with E-state index < -0.39 is 0 Å². The molecule has 0 aromatic heterocycles. The zero-order valence-corrected chi connectivity index (χ0v) is 9.71. The lowest BCUT2D eigenvalue weighted by Crippen LogP contribution is -2.12. The normalized spacial score (nSPS) is 15.4. The van der Waals surface area contributed by atoms with E-state index in [1.807, 2.05) is 6.92 Å². The first kappa shape index (κ1) is 13.9. The molecule has 0 aliphatic rings. The highest BCUT2D eigenvalue weighted by Gasteiger charge is 2.07. The second kappa shape index (κ2) is 9.47. The molecule has 0 amide bonds. The Morgan fingerprint density at radius 3 is 1.86 bits per heavy atom. The van der Waals surface area contributed by atoms with Crippen molar-refractivity contribution >= 4 is 0 Å². The van der Waals surface area contributed by atoms with E-state index in [9.17, 15) is 5.11 Å². The van der Waals surface area contributed by atoms with Gasteiger partial charge in [-0.25, -0.2) is 0 Å². The first-order valence-electron chi connectivity index (χ1n) is 5.97. The molecule has 0 rings (SSSR count). The van der Waals surface area contributed by atoms with Gasteiger partial charge in [-0.2, -0.15) is 0 Å². The molecule has 2 heteroatoms. The van der Waals surface area contributed by atoms with Crippen LogP contribution in [0.3, 0.4) is 0 Å². The highest BCUT2D eigenvalue weighted by atomic mass is 16.3. The van der Waals surface area contributed by atoms with Crippen LogP contribution in [-0.4, -0.2) is 22.9 Å². The molecule has 0 radical (unpaired) electrons. The Balaban J connectivity index is 3.06. The molecular weight excluding hydrogens is 176 g/mol. The maximum absolute atomic E-state index is 9.27. The lowest BCUT2D eigenvalue weighted by molar-refractivity contribution is 0.128. The molecule has 0 fully saturated rings. The molecule has 0 spiro atoms. The Labute approximate surface area is 88.3 Å². The molecular formula is C12H26O2. The van der Waals surface area contributed by atoms with E-state index in [4.69, 9.17) is 5.11 Å². The van der Waals surface area contributed by atoms with Crippen LogP contribution >= 0.6 is 0 Å². The summed E-state index contributed by atoms with van der Waals surface area (Å²) in [5, 5.41) is 17.8. The predicted molar refractivity (Wildman–Crippen MR) is 60.2 cm³/mol. The van der Waals surface area contributed by atoms with Crippen LogP contribution in [0.2, 0.25) is 0 Å². The van der Waals surface area contributed by atoms with Gasteiger partial charge in [-0.3, -0.25) is 0 Å². The van der Waals surface area contributed by atoms with E-state index in [1.54, 1.807) is 0 Å². The van der Waals surface area contributed by atoms with Gasteiger partial charge in [0.05, 0.1) is 6.10 Å². The number of hydrogen-bond donors (Lipinski definition) is 2. The zero-order valence-electron chi connectivity index (χ0n) is 9.71. The molecule has 0 aromatic rings. The van der Waals surface area contributed by atoms with Crippen molar-refractivity contribution in [1.29, 1.82) is 0 Å². The minimum atomic E-state index is -0.163. The summed E-state index contributed by atoms with van der Waals surface area (Å²) in [5.41, 5.74) is 0. The molecule has 0 saturated carbocycles. The highest BCUT2D eigenvalue weighted by molar-refractivity contribution is 4.59. The monoisotopic (exact) mass is 202 g/mol. The van der Waals surface area contributed by atoms with E-state index in [-0.39, 0.29) is 6.10 Å². The fraction of sp³-hybridized carbons (Fsp3) is 1.00. The fourth-order valence-electron chi connectivity index (χ4n) is 1.53. The van der Waals surface area contributed by atoms with Crippen LogP contribution in [0.25, 0.3) is 0 Å². The number of unbranched alkanes of at least 4 members (excludes halogenated alkanes) is 5. The zero-order chi connectivity index (χ0) is 10.8. The Morgan fingerprint density at radius 2 is 1.36 bits per heavy atom. The van der Waals surface area contributed by atoms with Gasteiger partial charge < -0.3 is 10.2 Å². The minimum Gasteiger partial charge on any atom is -0.396 e. The van der Waals surface area contributed by atoms with Crippen LogP contribution in [0.4, 0.5) is 0 Å². The van der Waals surface area contributed by atoms with Crippen LogP contribution in [-0.2, 0) is 0 Å². The van der Waals surface area contributed by atoms with Crippen molar-refractivity contribution < 1.29 is 10.2 Å². The minimum absolute atomic E-state index is 0.163. The van der Waals surface area contributed by atoms with Gasteiger partial charge in [0.15, 0.2) is 0 Å². The van der Waals surface area contributed by atoms with Gasteiger partial charge in [0.2, 0.25) is 0 Å². The summed E-state index contributed by atoms with van der Waals surface area (Å²) in [4.78, 5) is 0. The topological polar surface area (TPSA) is 40.5 Å². The molecule has 14 heavy (non-hydrogen) atoms. The standard InChI is InChI=1S/C12H26O2/c1-11(12(2)14)9-7-5-3-4-6-8-10-13/h11-14H,3-10H2,1-2H3. The SMILES string of the molecule is CC(O)C(C)CCCCCCCCO. The van der Waals surface area contributed by atoms with Crippen LogP contribution in [0.1, 0.15) is 58.8 Å². The van der Waals surface area contributed by atoms with Gasteiger partial charge in [-0.15, -0.1) is 0 Å². The third-order valence-electron chi connectivity index (χ3n) is 2.89.